The first-order valence-corrected chi connectivity index (χ1v) is 8.15. The molecule has 0 unspecified atom stereocenters. The highest BCUT2D eigenvalue weighted by Gasteiger charge is 2.17. The van der Waals surface area contributed by atoms with Gasteiger partial charge in [-0.1, -0.05) is 17.7 Å². The third-order valence-electron chi connectivity index (χ3n) is 3.93. The van der Waals surface area contributed by atoms with Crippen LogP contribution in [0.1, 0.15) is 10.4 Å². The van der Waals surface area contributed by atoms with E-state index in [0.29, 0.717) is 27.2 Å². The number of carbonyl (C=O) groups is 1. The van der Waals surface area contributed by atoms with Gasteiger partial charge in [-0.05, 0) is 36.4 Å². The fourth-order valence-corrected chi connectivity index (χ4v) is 2.89. The molecule has 5 nitrogen and oxygen atoms in total. The first-order chi connectivity index (χ1) is 13.0. The van der Waals surface area contributed by atoms with Crippen LogP contribution < -0.4 is 5.32 Å². The van der Waals surface area contributed by atoms with E-state index >= 15 is 0 Å². The average Bonchev–Trinajstić information content (AvgIpc) is 3.09. The van der Waals surface area contributed by atoms with Crippen molar-refractivity contribution in [2.75, 3.05) is 5.32 Å². The molecule has 0 spiro atoms. The van der Waals surface area contributed by atoms with E-state index in [2.05, 4.69) is 15.3 Å². The molecule has 0 saturated carbocycles. The zero-order valence-corrected chi connectivity index (χ0v) is 14.3. The molecule has 1 amide bonds. The molecule has 2 aromatic carbocycles. The molecule has 0 atom stereocenters. The predicted molar refractivity (Wildman–Crippen MR) is 96.6 cm³/mol. The molecule has 0 aliphatic rings. The van der Waals surface area contributed by atoms with Gasteiger partial charge < -0.3 is 9.73 Å². The molecule has 0 radical (unpaired) electrons. The van der Waals surface area contributed by atoms with Crippen LogP contribution in [0.5, 0.6) is 0 Å². The van der Waals surface area contributed by atoms with Crippen LogP contribution in [0, 0.1) is 11.6 Å². The first-order valence-electron chi connectivity index (χ1n) is 7.77. The summed E-state index contributed by atoms with van der Waals surface area (Å²) in [6.45, 7) is 0. The number of nitrogens with one attached hydrogen (secondary N) is 1. The zero-order valence-electron chi connectivity index (χ0n) is 13.5. The number of anilines is 1. The number of hydrogen-bond donors (Lipinski definition) is 1. The Morgan fingerprint density at radius 3 is 2.56 bits per heavy atom. The van der Waals surface area contributed by atoms with Gasteiger partial charge in [-0.15, -0.1) is 0 Å². The quantitative estimate of drug-likeness (QED) is 0.534. The Morgan fingerprint density at radius 1 is 1.07 bits per heavy atom. The number of pyridine rings is 1. The van der Waals surface area contributed by atoms with Gasteiger partial charge in [-0.3, -0.25) is 4.79 Å². The minimum atomic E-state index is -0.948. The maximum Gasteiger partial charge on any atom is 0.262 e. The number of oxazole rings is 1. The Hall–Kier alpha value is -3.32. The Kier molecular flexibility index (Phi) is 4.29. The Morgan fingerprint density at radius 2 is 1.85 bits per heavy atom. The third kappa shape index (κ3) is 3.24. The standard InChI is InChI=1S/C19H10ClF2N3O2/c20-12-7-15-16(27-9-24-15)6-11(12)10-4-5-17(23-8-10)25-19(26)18-13(21)2-1-3-14(18)22/h1-9H,(H,23,25,26). The predicted octanol–water partition coefficient (Wildman–Crippen LogP) is 5.07. The Labute approximate surface area is 156 Å². The maximum absolute atomic E-state index is 13.7. The lowest BCUT2D eigenvalue weighted by atomic mass is 10.1. The van der Waals surface area contributed by atoms with Gasteiger partial charge in [0.1, 0.15) is 28.5 Å². The van der Waals surface area contributed by atoms with E-state index in [1.54, 1.807) is 18.2 Å². The van der Waals surface area contributed by atoms with E-state index in [1.165, 1.54) is 24.7 Å². The van der Waals surface area contributed by atoms with Gasteiger partial charge in [0.2, 0.25) is 0 Å². The second kappa shape index (κ2) is 6.77. The van der Waals surface area contributed by atoms with Gasteiger partial charge in [0.25, 0.3) is 5.91 Å². The molecular formula is C19H10ClF2N3O2. The largest absolute Gasteiger partial charge is 0.443 e. The topological polar surface area (TPSA) is 68.0 Å². The van der Waals surface area contributed by atoms with Crippen molar-refractivity contribution < 1.29 is 18.0 Å². The number of amides is 1. The molecule has 1 N–H and O–H groups in total. The number of carbonyl (C=O) groups excluding carboxylic acids is 1. The molecular weight excluding hydrogens is 376 g/mol. The molecule has 0 bridgehead atoms. The van der Waals surface area contributed by atoms with E-state index in [1.807, 2.05) is 0 Å². The normalized spacial score (nSPS) is 10.9. The van der Waals surface area contributed by atoms with Gasteiger partial charge in [0, 0.05) is 17.3 Å². The summed E-state index contributed by atoms with van der Waals surface area (Å²) in [5.74, 6) is -2.68. The van der Waals surface area contributed by atoms with Gasteiger partial charge in [0.05, 0.1) is 5.02 Å². The molecule has 0 aliphatic heterocycles. The SMILES string of the molecule is O=C(Nc1ccc(-c2cc3ocnc3cc2Cl)cn1)c1c(F)cccc1F. The summed E-state index contributed by atoms with van der Waals surface area (Å²) in [7, 11) is 0. The number of benzene rings is 2. The Balaban J connectivity index is 1.60. The smallest absolute Gasteiger partial charge is 0.262 e. The highest BCUT2D eigenvalue weighted by molar-refractivity contribution is 6.34. The van der Waals surface area contributed by atoms with Crippen molar-refractivity contribution in [3.05, 3.63) is 77.3 Å². The molecule has 0 aliphatic carbocycles. The number of nitrogens with zero attached hydrogens (tertiary/aromatic N) is 2. The van der Waals surface area contributed by atoms with Crippen LogP contribution in [-0.4, -0.2) is 15.9 Å². The molecule has 0 saturated heterocycles. The first kappa shape index (κ1) is 17.1. The number of halogens is 3. The summed E-state index contributed by atoms with van der Waals surface area (Å²) in [5.41, 5.74) is 1.89. The molecule has 2 heterocycles. The minimum Gasteiger partial charge on any atom is -0.443 e. The van der Waals surface area contributed by atoms with E-state index < -0.39 is 23.1 Å². The van der Waals surface area contributed by atoms with Crippen LogP contribution >= 0.6 is 11.6 Å². The molecule has 4 aromatic rings. The van der Waals surface area contributed by atoms with Gasteiger partial charge in [0.15, 0.2) is 12.0 Å². The molecule has 0 fully saturated rings. The lowest BCUT2D eigenvalue weighted by Gasteiger charge is -2.08. The summed E-state index contributed by atoms with van der Waals surface area (Å²) < 4.78 is 32.6. The fourth-order valence-electron chi connectivity index (χ4n) is 2.62. The van der Waals surface area contributed by atoms with Crippen molar-refractivity contribution in [1.82, 2.24) is 9.97 Å². The number of hydrogen-bond acceptors (Lipinski definition) is 4. The molecule has 134 valence electrons. The molecule has 8 heteroatoms. The van der Waals surface area contributed by atoms with E-state index in [0.717, 1.165) is 12.1 Å². The number of fused-ring (bicyclic) bond motifs is 1. The lowest BCUT2D eigenvalue weighted by molar-refractivity contribution is 0.101. The zero-order chi connectivity index (χ0) is 19.0. The molecule has 4 rings (SSSR count). The average molecular weight is 386 g/mol. The second-order valence-electron chi connectivity index (χ2n) is 5.64. The van der Waals surface area contributed by atoms with Gasteiger partial charge in [-0.25, -0.2) is 18.7 Å². The van der Waals surface area contributed by atoms with Crippen molar-refractivity contribution >= 4 is 34.4 Å². The number of aromatic nitrogens is 2. The van der Waals surface area contributed by atoms with Gasteiger partial charge in [-0.2, -0.15) is 0 Å². The summed E-state index contributed by atoms with van der Waals surface area (Å²) in [4.78, 5) is 20.2. The summed E-state index contributed by atoms with van der Waals surface area (Å²) in [5, 5.41) is 2.83. The van der Waals surface area contributed by atoms with Crippen molar-refractivity contribution in [2.24, 2.45) is 0 Å². The van der Waals surface area contributed by atoms with Gasteiger partial charge >= 0.3 is 0 Å². The van der Waals surface area contributed by atoms with Crippen molar-refractivity contribution in [3.8, 4) is 11.1 Å². The minimum absolute atomic E-state index is 0.142. The van der Waals surface area contributed by atoms with Crippen LogP contribution in [0.2, 0.25) is 5.02 Å². The molecule has 2 aromatic heterocycles. The van der Waals surface area contributed by atoms with Crippen LogP contribution in [0.3, 0.4) is 0 Å². The maximum atomic E-state index is 13.7. The summed E-state index contributed by atoms with van der Waals surface area (Å²) in [6, 6.07) is 9.79. The monoisotopic (exact) mass is 385 g/mol. The van der Waals surface area contributed by atoms with Crippen LogP contribution in [0.25, 0.3) is 22.2 Å². The van der Waals surface area contributed by atoms with Crippen LogP contribution in [-0.2, 0) is 0 Å². The van der Waals surface area contributed by atoms with Crippen molar-refractivity contribution in [2.45, 2.75) is 0 Å². The number of rotatable bonds is 3. The van der Waals surface area contributed by atoms with Crippen LogP contribution in [0.15, 0.2) is 59.5 Å². The van der Waals surface area contributed by atoms with E-state index in [9.17, 15) is 13.6 Å². The van der Waals surface area contributed by atoms with Crippen molar-refractivity contribution in [3.63, 3.8) is 0 Å². The fraction of sp³-hybridized carbons (Fsp3) is 0. The highest BCUT2D eigenvalue weighted by atomic mass is 35.5. The summed E-state index contributed by atoms with van der Waals surface area (Å²) in [6.07, 6.45) is 2.81. The summed E-state index contributed by atoms with van der Waals surface area (Å²) >= 11 is 6.27. The third-order valence-corrected chi connectivity index (χ3v) is 4.24. The Bertz CT molecular complexity index is 1140. The second-order valence-corrected chi connectivity index (χ2v) is 6.04. The lowest BCUT2D eigenvalue weighted by Crippen LogP contribution is -2.16. The van der Waals surface area contributed by atoms with E-state index in [4.69, 9.17) is 16.0 Å². The van der Waals surface area contributed by atoms with Crippen molar-refractivity contribution in [1.29, 1.82) is 0 Å². The molecule has 27 heavy (non-hydrogen) atoms. The van der Waals surface area contributed by atoms with E-state index in [-0.39, 0.29) is 5.82 Å². The van der Waals surface area contributed by atoms with Crippen LogP contribution in [0.4, 0.5) is 14.6 Å². The highest BCUT2D eigenvalue weighted by Crippen LogP contribution is 2.31.